The lowest BCUT2D eigenvalue weighted by Crippen LogP contribution is -2.82. The van der Waals surface area contributed by atoms with Crippen LogP contribution < -0.4 is 10.6 Å². The second-order valence-electron chi connectivity index (χ2n) is 1.96. The number of hydrogen-bond acceptors (Lipinski definition) is 1. The number of carbonyl (C=O) groups is 1. The van der Waals surface area contributed by atoms with E-state index in [1.807, 2.05) is 19.3 Å². The largest absolute Gasteiger partial charge is 0.351 e. The van der Waals surface area contributed by atoms with E-state index in [-0.39, 0.29) is 5.91 Å². The molecule has 0 bridgehead atoms. The molecule has 0 aliphatic carbocycles. The molecule has 1 amide bonds. The van der Waals surface area contributed by atoms with Crippen molar-refractivity contribution in [2.45, 2.75) is 13.3 Å². The van der Waals surface area contributed by atoms with E-state index in [0.717, 1.165) is 13.0 Å². The van der Waals surface area contributed by atoms with Gasteiger partial charge in [0.05, 0.1) is 7.05 Å². The SMILES string of the molecule is CCCNC(=O)C[NH2+]C. The first-order valence-electron chi connectivity index (χ1n) is 3.35. The van der Waals surface area contributed by atoms with Crippen LogP contribution in [0.4, 0.5) is 0 Å². The minimum Gasteiger partial charge on any atom is -0.351 e. The molecule has 0 radical (unpaired) electrons. The average molecular weight is 131 g/mol. The predicted octanol–water partition coefficient (Wildman–Crippen LogP) is -1.29. The summed E-state index contributed by atoms with van der Waals surface area (Å²) in [4.78, 5) is 10.7. The van der Waals surface area contributed by atoms with Gasteiger partial charge in [-0.1, -0.05) is 6.92 Å². The van der Waals surface area contributed by atoms with E-state index in [4.69, 9.17) is 0 Å². The molecule has 0 heterocycles. The van der Waals surface area contributed by atoms with E-state index in [2.05, 4.69) is 5.32 Å². The summed E-state index contributed by atoms with van der Waals surface area (Å²) in [6, 6.07) is 0. The molecule has 0 aliphatic heterocycles. The summed E-state index contributed by atoms with van der Waals surface area (Å²) in [7, 11) is 1.88. The molecule has 0 spiro atoms. The highest BCUT2D eigenvalue weighted by Gasteiger charge is 1.96. The van der Waals surface area contributed by atoms with Crippen molar-refractivity contribution in [3.05, 3.63) is 0 Å². The van der Waals surface area contributed by atoms with Gasteiger partial charge in [-0.15, -0.1) is 0 Å². The molecule has 0 aromatic rings. The van der Waals surface area contributed by atoms with E-state index in [0.29, 0.717) is 6.54 Å². The van der Waals surface area contributed by atoms with Crippen molar-refractivity contribution >= 4 is 5.91 Å². The van der Waals surface area contributed by atoms with Gasteiger partial charge in [-0.25, -0.2) is 0 Å². The molecule has 0 aliphatic rings. The van der Waals surface area contributed by atoms with Gasteiger partial charge >= 0.3 is 0 Å². The maximum Gasteiger partial charge on any atom is 0.275 e. The Balaban J connectivity index is 3.06. The predicted molar refractivity (Wildman–Crippen MR) is 36.0 cm³/mol. The van der Waals surface area contributed by atoms with Gasteiger partial charge in [0.2, 0.25) is 0 Å². The van der Waals surface area contributed by atoms with Crippen molar-refractivity contribution in [2.75, 3.05) is 20.1 Å². The molecule has 3 N–H and O–H groups in total. The number of amides is 1. The van der Waals surface area contributed by atoms with Crippen LogP contribution in [0.5, 0.6) is 0 Å². The molecule has 0 aromatic carbocycles. The van der Waals surface area contributed by atoms with Crippen LogP contribution in [0.1, 0.15) is 13.3 Å². The lowest BCUT2D eigenvalue weighted by atomic mass is 10.4. The summed E-state index contributed by atoms with van der Waals surface area (Å²) in [5.74, 6) is 0.124. The molecule has 0 rings (SSSR count). The van der Waals surface area contributed by atoms with E-state index in [1.54, 1.807) is 0 Å². The maximum absolute atomic E-state index is 10.7. The fourth-order valence-corrected chi connectivity index (χ4v) is 0.522. The third-order valence-electron chi connectivity index (χ3n) is 0.962. The van der Waals surface area contributed by atoms with E-state index >= 15 is 0 Å². The molecular weight excluding hydrogens is 116 g/mol. The molecule has 54 valence electrons. The van der Waals surface area contributed by atoms with Gasteiger partial charge in [0.15, 0.2) is 6.54 Å². The highest BCUT2D eigenvalue weighted by atomic mass is 16.1. The van der Waals surface area contributed by atoms with Gasteiger partial charge in [-0.05, 0) is 6.42 Å². The van der Waals surface area contributed by atoms with E-state index in [9.17, 15) is 4.79 Å². The fourth-order valence-electron chi connectivity index (χ4n) is 0.522. The van der Waals surface area contributed by atoms with Crippen molar-refractivity contribution in [3.63, 3.8) is 0 Å². The zero-order valence-electron chi connectivity index (χ0n) is 6.11. The van der Waals surface area contributed by atoms with Crippen LogP contribution in [0, 0.1) is 0 Å². The average Bonchev–Trinajstić information content (AvgIpc) is 1.85. The quantitative estimate of drug-likeness (QED) is 0.490. The summed E-state index contributed by atoms with van der Waals surface area (Å²) in [6.45, 7) is 3.38. The van der Waals surface area contributed by atoms with Crippen LogP contribution >= 0.6 is 0 Å². The van der Waals surface area contributed by atoms with Crippen molar-refractivity contribution < 1.29 is 10.1 Å². The first-order valence-corrected chi connectivity index (χ1v) is 3.35. The Bertz CT molecular complexity index is 83.1. The minimum atomic E-state index is 0.124. The summed E-state index contributed by atoms with van der Waals surface area (Å²) in [5, 5.41) is 4.62. The van der Waals surface area contributed by atoms with Gasteiger partial charge in [0.25, 0.3) is 5.91 Å². The Morgan fingerprint density at radius 2 is 2.33 bits per heavy atom. The molecule has 0 saturated carbocycles. The molecule has 0 atom stereocenters. The first kappa shape index (κ1) is 8.43. The third-order valence-corrected chi connectivity index (χ3v) is 0.962. The summed E-state index contributed by atoms with van der Waals surface area (Å²) >= 11 is 0. The second-order valence-corrected chi connectivity index (χ2v) is 1.96. The maximum atomic E-state index is 10.7. The van der Waals surface area contributed by atoms with Crippen LogP contribution in [0.3, 0.4) is 0 Å². The number of hydrogen-bond donors (Lipinski definition) is 2. The standard InChI is InChI=1S/C6H14N2O/c1-3-4-8-6(9)5-7-2/h7H,3-5H2,1-2H3,(H,8,9)/p+1. The molecule has 0 fully saturated rings. The van der Waals surface area contributed by atoms with Gasteiger partial charge in [0.1, 0.15) is 0 Å². The van der Waals surface area contributed by atoms with E-state index in [1.165, 1.54) is 0 Å². The van der Waals surface area contributed by atoms with Crippen molar-refractivity contribution in [1.29, 1.82) is 0 Å². The van der Waals surface area contributed by atoms with Gasteiger partial charge in [-0.2, -0.15) is 0 Å². The summed E-state index contributed by atoms with van der Waals surface area (Å²) in [6.07, 6.45) is 1.01. The number of likely N-dealkylation sites (N-methyl/N-ethyl adjacent to an activating group) is 1. The lowest BCUT2D eigenvalue weighted by Gasteiger charge is -1.98. The summed E-state index contributed by atoms with van der Waals surface area (Å²) in [5.41, 5.74) is 0. The van der Waals surface area contributed by atoms with Crippen LogP contribution in [0.15, 0.2) is 0 Å². The number of nitrogens with two attached hydrogens (primary N) is 1. The Morgan fingerprint density at radius 3 is 2.78 bits per heavy atom. The van der Waals surface area contributed by atoms with Crippen LogP contribution in [0.2, 0.25) is 0 Å². The normalized spacial score (nSPS) is 9.11. The Kier molecular flexibility index (Phi) is 5.21. The molecule has 3 heteroatoms. The molecule has 3 nitrogen and oxygen atoms in total. The Labute approximate surface area is 55.8 Å². The number of rotatable bonds is 4. The summed E-state index contributed by atoms with van der Waals surface area (Å²) < 4.78 is 0. The lowest BCUT2D eigenvalue weighted by molar-refractivity contribution is -0.615. The molecule has 9 heavy (non-hydrogen) atoms. The zero-order chi connectivity index (χ0) is 7.11. The highest BCUT2D eigenvalue weighted by Crippen LogP contribution is 1.67. The highest BCUT2D eigenvalue weighted by molar-refractivity contribution is 5.76. The third kappa shape index (κ3) is 5.30. The Hall–Kier alpha value is -0.570. The van der Waals surface area contributed by atoms with Crippen molar-refractivity contribution in [1.82, 2.24) is 5.32 Å². The molecule has 0 aromatic heterocycles. The van der Waals surface area contributed by atoms with Crippen molar-refractivity contribution in [2.24, 2.45) is 0 Å². The number of nitrogens with one attached hydrogen (secondary N) is 1. The van der Waals surface area contributed by atoms with Gasteiger partial charge in [0, 0.05) is 6.54 Å². The van der Waals surface area contributed by atoms with Crippen LogP contribution in [-0.4, -0.2) is 26.0 Å². The van der Waals surface area contributed by atoms with Crippen molar-refractivity contribution in [3.8, 4) is 0 Å². The van der Waals surface area contributed by atoms with Crippen LogP contribution in [-0.2, 0) is 4.79 Å². The van der Waals surface area contributed by atoms with Crippen LogP contribution in [0.25, 0.3) is 0 Å². The fraction of sp³-hybridized carbons (Fsp3) is 0.833. The molecule has 0 unspecified atom stereocenters. The first-order chi connectivity index (χ1) is 4.31. The second kappa shape index (κ2) is 5.56. The monoisotopic (exact) mass is 131 g/mol. The molecular formula is C6H15N2O+. The number of carbonyl (C=O) groups excluding carboxylic acids is 1. The zero-order valence-corrected chi connectivity index (χ0v) is 6.11. The van der Waals surface area contributed by atoms with Gasteiger partial charge in [-0.3, -0.25) is 4.79 Å². The Morgan fingerprint density at radius 1 is 1.67 bits per heavy atom. The minimum absolute atomic E-state index is 0.124. The molecule has 0 saturated heterocycles. The van der Waals surface area contributed by atoms with Gasteiger partial charge < -0.3 is 10.6 Å². The number of quaternary nitrogens is 1. The topological polar surface area (TPSA) is 45.7 Å². The smallest absolute Gasteiger partial charge is 0.275 e. The van der Waals surface area contributed by atoms with E-state index < -0.39 is 0 Å².